The normalized spacial score (nSPS) is 15.0. The topological polar surface area (TPSA) is 81.7 Å². The van der Waals surface area contributed by atoms with Crippen LogP contribution in [0.5, 0.6) is 0 Å². The van der Waals surface area contributed by atoms with Gasteiger partial charge in [-0.3, -0.25) is 4.79 Å². The van der Waals surface area contributed by atoms with E-state index in [1.165, 1.54) is 0 Å². The molecule has 1 aliphatic heterocycles. The molecule has 1 aliphatic rings. The predicted molar refractivity (Wildman–Crippen MR) is 127 cm³/mol. The van der Waals surface area contributed by atoms with Crippen LogP contribution in [-0.2, 0) is 6.54 Å². The number of amides is 1. The number of fused-ring (bicyclic) bond motifs is 1. The van der Waals surface area contributed by atoms with Gasteiger partial charge in [0.1, 0.15) is 12.2 Å². The maximum absolute atomic E-state index is 13.7. The summed E-state index contributed by atoms with van der Waals surface area (Å²) >= 11 is 0. The summed E-state index contributed by atoms with van der Waals surface area (Å²) in [4.78, 5) is 20.6. The second-order valence-corrected chi connectivity index (χ2v) is 8.88. The van der Waals surface area contributed by atoms with Gasteiger partial charge in [-0.25, -0.2) is 9.67 Å². The van der Waals surface area contributed by atoms with Crippen molar-refractivity contribution in [3.8, 4) is 11.3 Å². The van der Waals surface area contributed by atoms with E-state index in [-0.39, 0.29) is 11.9 Å². The van der Waals surface area contributed by atoms with Crippen LogP contribution in [0.2, 0.25) is 0 Å². The lowest BCUT2D eigenvalue weighted by molar-refractivity contribution is 0.0712. The monoisotopic (exact) mass is 443 g/mol. The average Bonchev–Trinajstić information content (AvgIpc) is 3.51. The van der Waals surface area contributed by atoms with Gasteiger partial charge in [-0.2, -0.15) is 5.10 Å². The maximum Gasteiger partial charge on any atom is 0.254 e. The van der Waals surface area contributed by atoms with Gasteiger partial charge >= 0.3 is 0 Å². The van der Waals surface area contributed by atoms with Crippen LogP contribution in [0.25, 0.3) is 22.3 Å². The van der Waals surface area contributed by atoms with Crippen LogP contribution in [0.3, 0.4) is 0 Å². The van der Waals surface area contributed by atoms with E-state index >= 15 is 0 Å². The number of hydrogen-bond acceptors (Lipinski definition) is 5. The molecule has 5 rings (SSSR count). The Morgan fingerprint density at radius 1 is 1.15 bits per heavy atom. The number of piperidine rings is 1. The highest BCUT2D eigenvalue weighted by Gasteiger charge is 2.29. The first kappa shape index (κ1) is 21.3. The summed E-state index contributed by atoms with van der Waals surface area (Å²) in [5.74, 6) is 1.40. The smallest absolute Gasteiger partial charge is 0.254 e. The summed E-state index contributed by atoms with van der Waals surface area (Å²) in [5.41, 5.74) is 3.20. The molecule has 0 unspecified atom stereocenters. The highest BCUT2D eigenvalue weighted by atomic mass is 16.2. The maximum atomic E-state index is 13.7. The van der Waals surface area contributed by atoms with Crippen molar-refractivity contribution >= 4 is 16.9 Å². The average molecular weight is 444 g/mol. The number of aromatic nitrogens is 6. The molecule has 4 aromatic rings. The number of hydrogen-bond donors (Lipinski definition) is 0. The van der Waals surface area contributed by atoms with Crippen molar-refractivity contribution in [1.82, 2.24) is 34.4 Å². The van der Waals surface area contributed by atoms with E-state index in [0.29, 0.717) is 24.6 Å². The summed E-state index contributed by atoms with van der Waals surface area (Å²) in [5, 5.41) is 13.8. The third kappa shape index (κ3) is 3.90. The minimum absolute atomic E-state index is 0.0401. The molecule has 1 fully saturated rings. The number of nitrogens with zero attached hydrogens (tertiary/aromatic N) is 7. The van der Waals surface area contributed by atoms with Crippen LogP contribution >= 0.6 is 0 Å². The molecule has 0 radical (unpaired) electrons. The Bertz CT molecular complexity index is 1270. The van der Waals surface area contributed by atoms with E-state index in [0.717, 1.165) is 47.5 Å². The Labute approximate surface area is 193 Å². The van der Waals surface area contributed by atoms with Gasteiger partial charge in [0.25, 0.3) is 5.91 Å². The lowest BCUT2D eigenvalue weighted by atomic mass is 9.95. The Balaban J connectivity index is 1.47. The molecule has 4 heterocycles. The fraction of sp³-hybridized carbons (Fsp3) is 0.400. The summed E-state index contributed by atoms with van der Waals surface area (Å²) in [6, 6.07) is 12.1. The Hall–Kier alpha value is -3.55. The van der Waals surface area contributed by atoms with Crippen molar-refractivity contribution < 1.29 is 4.79 Å². The predicted octanol–water partition coefficient (Wildman–Crippen LogP) is 4.31. The lowest BCUT2D eigenvalue weighted by Gasteiger charge is -2.32. The molecule has 1 amide bonds. The summed E-state index contributed by atoms with van der Waals surface area (Å²) in [6.45, 7) is 8.50. The highest BCUT2D eigenvalue weighted by molar-refractivity contribution is 6.06. The molecule has 8 heteroatoms. The van der Waals surface area contributed by atoms with Crippen LogP contribution in [0.4, 0.5) is 0 Å². The molecular weight excluding hydrogens is 414 g/mol. The molecular formula is C25H29N7O. The molecule has 8 nitrogen and oxygen atoms in total. The fourth-order valence-corrected chi connectivity index (χ4v) is 4.66. The van der Waals surface area contributed by atoms with Gasteiger partial charge in [0, 0.05) is 37.2 Å². The van der Waals surface area contributed by atoms with E-state index in [1.54, 1.807) is 12.5 Å². The van der Waals surface area contributed by atoms with E-state index in [2.05, 4.69) is 40.6 Å². The van der Waals surface area contributed by atoms with Crippen LogP contribution < -0.4 is 0 Å². The highest BCUT2D eigenvalue weighted by Crippen LogP contribution is 2.30. The zero-order valence-corrected chi connectivity index (χ0v) is 19.3. The van der Waals surface area contributed by atoms with Crippen LogP contribution in [0, 0.1) is 0 Å². The second-order valence-electron chi connectivity index (χ2n) is 8.88. The second kappa shape index (κ2) is 8.77. The minimum atomic E-state index is 0.0401. The van der Waals surface area contributed by atoms with Gasteiger partial charge in [0.2, 0.25) is 0 Å². The first-order chi connectivity index (χ1) is 16.1. The van der Waals surface area contributed by atoms with Crippen molar-refractivity contribution in [3.05, 3.63) is 60.3 Å². The van der Waals surface area contributed by atoms with Gasteiger partial charge in [-0.1, -0.05) is 30.3 Å². The molecule has 0 bridgehead atoms. The molecule has 1 aromatic carbocycles. The first-order valence-electron chi connectivity index (χ1n) is 11.7. The van der Waals surface area contributed by atoms with E-state index < -0.39 is 0 Å². The van der Waals surface area contributed by atoms with Gasteiger partial charge in [-0.05, 0) is 39.7 Å². The number of carbonyl (C=O) groups excluding carboxylic acids is 1. The van der Waals surface area contributed by atoms with E-state index in [4.69, 9.17) is 4.98 Å². The van der Waals surface area contributed by atoms with Crippen molar-refractivity contribution in [2.75, 3.05) is 13.1 Å². The molecule has 33 heavy (non-hydrogen) atoms. The van der Waals surface area contributed by atoms with Gasteiger partial charge in [0.05, 0.1) is 22.8 Å². The van der Waals surface area contributed by atoms with Crippen molar-refractivity contribution in [1.29, 1.82) is 0 Å². The molecule has 3 aromatic heterocycles. The number of likely N-dealkylation sites (tertiary alicyclic amines) is 1. The van der Waals surface area contributed by atoms with Crippen LogP contribution in [-0.4, -0.2) is 53.4 Å². The molecule has 0 atom stereocenters. The summed E-state index contributed by atoms with van der Waals surface area (Å²) in [6.07, 6.45) is 5.34. The SMILES string of the molecule is CCn1cnnc1C1CCN(C(=O)c2cc(-c3ccccc3)nc3c2cnn3C(C)C)CC1. The van der Waals surface area contributed by atoms with Gasteiger partial charge in [-0.15, -0.1) is 10.2 Å². The standard InChI is InChI=1S/C25H29N7O/c1-4-30-16-26-29-23(30)19-10-12-31(13-11-19)25(33)20-14-22(18-8-6-5-7-9-18)28-24-21(20)15-27-32(24)17(2)3/h5-9,14-17,19H,4,10-13H2,1-3H3. The third-order valence-electron chi connectivity index (χ3n) is 6.49. The molecule has 0 spiro atoms. The number of rotatable bonds is 5. The number of carbonyl (C=O) groups is 1. The summed E-state index contributed by atoms with van der Waals surface area (Å²) < 4.78 is 3.99. The fourth-order valence-electron chi connectivity index (χ4n) is 4.66. The van der Waals surface area contributed by atoms with E-state index in [1.807, 2.05) is 46.0 Å². The molecule has 0 aliphatic carbocycles. The Morgan fingerprint density at radius 3 is 2.61 bits per heavy atom. The third-order valence-corrected chi connectivity index (χ3v) is 6.49. The van der Waals surface area contributed by atoms with Crippen LogP contribution in [0.15, 0.2) is 48.9 Å². The number of benzene rings is 1. The van der Waals surface area contributed by atoms with Crippen molar-refractivity contribution in [2.45, 2.75) is 52.1 Å². The van der Waals surface area contributed by atoms with Crippen LogP contribution in [0.1, 0.15) is 61.8 Å². The number of aryl methyl sites for hydroxylation is 1. The molecule has 170 valence electrons. The largest absolute Gasteiger partial charge is 0.339 e. The molecule has 0 saturated carbocycles. The van der Waals surface area contributed by atoms with Gasteiger partial charge in [0.15, 0.2) is 5.65 Å². The zero-order chi connectivity index (χ0) is 22.9. The Morgan fingerprint density at radius 2 is 1.91 bits per heavy atom. The quantitative estimate of drug-likeness (QED) is 0.459. The zero-order valence-electron chi connectivity index (χ0n) is 19.3. The minimum Gasteiger partial charge on any atom is -0.339 e. The lowest BCUT2D eigenvalue weighted by Crippen LogP contribution is -2.38. The Kier molecular flexibility index (Phi) is 5.66. The first-order valence-corrected chi connectivity index (χ1v) is 11.7. The number of pyridine rings is 1. The molecule has 0 N–H and O–H groups in total. The van der Waals surface area contributed by atoms with Crippen molar-refractivity contribution in [2.24, 2.45) is 0 Å². The van der Waals surface area contributed by atoms with E-state index in [9.17, 15) is 4.79 Å². The van der Waals surface area contributed by atoms with Crippen molar-refractivity contribution in [3.63, 3.8) is 0 Å². The molecule has 1 saturated heterocycles. The van der Waals surface area contributed by atoms with Gasteiger partial charge < -0.3 is 9.47 Å². The summed E-state index contributed by atoms with van der Waals surface area (Å²) in [7, 11) is 0.